The lowest BCUT2D eigenvalue weighted by Gasteiger charge is -1.97. The van der Waals surface area contributed by atoms with Crippen molar-refractivity contribution in [2.75, 3.05) is 0 Å². The van der Waals surface area contributed by atoms with Crippen molar-refractivity contribution >= 4 is 5.97 Å². The molecule has 1 aromatic heterocycles. The second kappa shape index (κ2) is 4.00. The average Bonchev–Trinajstić information content (AvgIpc) is 2.68. The van der Waals surface area contributed by atoms with E-state index in [1.807, 2.05) is 30.3 Å². The summed E-state index contributed by atoms with van der Waals surface area (Å²) >= 11 is 0. The Morgan fingerprint density at radius 1 is 1.27 bits per heavy atom. The van der Waals surface area contributed by atoms with Crippen LogP contribution in [0.1, 0.15) is 21.6 Å². The number of nitrogens with one attached hydrogen (secondary N) is 1. The molecule has 0 saturated heterocycles. The van der Waals surface area contributed by atoms with Crippen LogP contribution in [0.25, 0.3) is 0 Å². The summed E-state index contributed by atoms with van der Waals surface area (Å²) in [7, 11) is 0. The van der Waals surface area contributed by atoms with Crippen molar-refractivity contribution in [1.29, 1.82) is 0 Å². The molecule has 0 radical (unpaired) electrons. The van der Waals surface area contributed by atoms with Gasteiger partial charge < -0.3 is 10.1 Å². The minimum Gasteiger partial charge on any atom is -0.478 e. The molecule has 0 fully saturated rings. The monoisotopic (exact) mass is 201 g/mol. The van der Waals surface area contributed by atoms with Crippen LogP contribution >= 0.6 is 0 Å². The van der Waals surface area contributed by atoms with Gasteiger partial charge >= 0.3 is 5.97 Å². The zero-order valence-electron chi connectivity index (χ0n) is 8.10. The summed E-state index contributed by atoms with van der Waals surface area (Å²) in [5.41, 5.74) is 2.39. The molecular weight excluding hydrogens is 190 g/mol. The minimum absolute atomic E-state index is 0.306. The van der Waals surface area contributed by atoms with Gasteiger partial charge in [0.1, 0.15) is 0 Å². The highest BCUT2D eigenvalue weighted by Gasteiger charge is 2.05. The summed E-state index contributed by atoms with van der Waals surface area (Å²) in [5.74, 6) is -0.898. The van der Waals surface area contributed by atoms with Crippen molar-refractivity contribution in [3.63, 3.8) is 0 Å². The molecule has 0 atom stereocenters. The summed E-state index contributed by atoms with van der Waals surface area (Å²) in [6, 6.07) is 11.6. The van der Waals surface area contributed by atoms with Gasteiger partial charge in [-0.1, -0.05) is 30.3 Å². The Balaban J connectivity index is 2.15. The second-order valence-electron chi connectivity index (χ2n) is 3.38. The van der Waals surface area contributed by atoms with Crippen molar-refractivity contribution < 1.29 is 9.90 Å². The van der Waals surface area contributed by atoms with Crippen LogP contribution < -0.4 is 0 Å². The van der Waals surface area contributed by atoms with Crippen LogP contribution in [0, 0.1) is 0 Å². The van der Waals surface area contributed by atoms with E-state index in [0.717, 1.165) is 17.7 Å². The van der Waals surface area contributed by atoms with Crippen LogP contribution in [0.4, 0.5) is 0 Å². The van der Waals surface area contributed by atoms with E-state index in [0.29, 0.717) is 5.56 Å². The van der Waals surface area contributed by atoms with E-state index in [4.69, 9.17) is 5.11 Å². The Kier molecular flexibility index (Phi) is 2.54. The number of hydrogen-bond acceptors (Lipinski definition) is 1. The summed E-state index contributed by atoms with van der Waals surface area (Å²) in [5, 5.41) is 8.74. The van der Waals surface area contributed by atoms with Crippen molar-refractivity contribution in [3.8, 4) is 0 Å². The van der Waals surface area contributed by atoms with E-state index in [9.17, 15) is 4.79 Å². The number of aromatic nitrogens is 1. The number of H-pyrrole nitrogens is 1. The number of carboxylic acid groups (broad SMARTS) is 1. The lowest BCUT2D eigenvalue weighted by molar-refractivity contribution is 0.0697. The molecule has 0 saturated carbocycles. The number of benzene rings is 1. The highest BCUT2D eigenvalue weighted by Crippen LogP contribution is 2.09. The fraction of sp³-hybridized carbons (Fsp3) is 0.0833. The number of carbonyl (C=O) groups is 1. The first-order valence-corrected chi connectivity index (χ1v) is 4.70. The summed E-state index contributed by atoms with van der Waals surface area (Å²) < 4.78 is 0. The van der Waals surface area contributed by atoms with E-state index in [1.54, 1.807) is 6.07 Å². The predicted octanol–water partition coefficient (Wildman–Crippen LogP) is 2.30. The van der Waals surface area contributed by atoms with Gasteiger partial charge in [-0.15, -0.1) is 0 Å². The zero-order valence-corrected chi connectivity index (χ0v) is 8.10. The van der Waals surface area contributed by atoms with Crippen molar-refractivity contribution in [1.82, 2.24) is 4.98 Å². The highest BCUT2D eigenvalue weighted by atomic mass is 16.4. The summed E-state index contributed by atoms with van der Waals surface area (Å²) in [4.78, 5) is 13.6. The molecule has 0 spiro atoms. The van der Waals surface area contributed by atoms with E-state index in [2.05, 4.69) is 4.98 Å². The molecule has 0 bridgehead atoms. The van der Waals surface area contributed by atoms with E-state index in [-0.39, 0.29) is 0 Å². The Hall–Kier alpha value is -2.03. The van der Waals surface area contributed by atoms with Crippen LogP contribution in [0.15, 0.2) is 42.6 Å². The van der Waals surface area contributed by atoms with Crippen LogP contribution in [0.5, 0.6) is 0 Å². The lowest BCUT2D eigenvalue weighted by atomic mass is 10.1. The van der Waals surface area contributed by atoms with Gasteiger partial charge in [-0.25, -0.2) is 4.79 Å². The smallest absolute Gasteiger partial charge is 0.337 e. The average molecular weight is 201 g/mol. The Labute approximate surface area is 87.4 Å². The van der Waals surface area contributed by atoms with Gasteiger partial charge in [-0.3, -0.25) is 0 Å². The van der Waals surface area contributed by atoms with E-state index in [1.165, 1.54) is 6.20 Å². The quantitative estimate of drug-likeness (QED) is 0.800. The largest absolute Gasteiger partial charge is 0.478 e. The van der Waals surface area contributed by atoms with Gasteiger partial charge in [0.25, 0.3) is 0 Å². The maximum atomic E-state index is 10.6. The highest BCUT2D eigenvalue weighted by molar-refractivity contribution is 5.87. The third-order valence-corrected chi connectivity index (χ3v) is 2.23. The van der Waals surface area contributed by atoms with Gasteiger partial charge in [-0.05, 0) is 11.6 Å². The van der Waals surface area contributed by atoms with E-state index < -0.39 is 5.97 Å². The van der Waals surface area contributed by atoms with Crippen LogP contribution in [-0.4, -0.2) is 16.1 Å². The van der Waals surface area contributed by atoms with Gasteiger partial charge in [0.05, 0.1) is 5.56 Å². The zero-order chi connectivity index (χ0) is 10.7. The molecule has 0 aliphatic heterocycles. The molecule has 1 aromatic carbocycles. The molecular formula is C12H11NO2. The normalized spacial score (nSPS) is 10.1. The first-order chi connectivity index (χ1) is 7.25. The molecule has 76 valence electrons. The standard InChI is InChI=1S/C12H11NO2/c14-12(15)10-7-11(13-8-10)6-9-4-2-1-3-5-9/h1-5,7-8,13H,6H2,(H,14,15). The third kappa shape index (κ3) is 2.26. The summed E-state index contributed by atoms with van der Waals surface area (Å²) in [6.45, 7) is 0. The minimum atomic E-state index is -0.898. The van der Waals surface area contributed by atoms with Crippen LogP contribution in [0.2, 0.25) is 0 Å². The van der Waals surface area contributed by atoms with Crippen LogP contribution in [0.3, 0.4) is 0 Å². The Morgan fingerprint density at radius 3 is 2.60 bits per heavy atom. The molecule has 1 heterocycles. The molecule has 15 heavy (non-hydrogen) atoms. The lowest BCUT2D eigenvalue weighted by Crippen LogP contribution is -1.92. The molecule has 3 nitrogen and oxygen atoms in total. The topological polar surface area (TPSA) is 53.1 Å². The maximum absolute atomic E-state index is 10.6. The van der Waals surface area contributed by atoms with Gasteiger partial charge in [0.2, 0.25) is 0 Å². The fourth-order valence-electron chi connectivity index (χ4n) is 1.48. The van der Waals surface area contributed by atoms with Gasteiger partial charge in [-0.2, -0.15) is 0 Å². The number of aromatic amines is 1. The first-order valence-electron chi connectivity index (χ1n) is 4.70. The van der Waals surface area contributed by atoms with Crippen molar-refractivity contribution in [2.24, 2.45) is 0 Å². The van der Waals surface area contributed by atoms with Crippen LogP contribution in [-0.2, 0) is 6.42 Å². The molecule has 2 rings (SSSR count). The first kappa shape index (κ1) is 9.52. The number of rotatable bonds is 3. The molecule has 3 heteroatoms. The number of hydrogen-bond donors (Lipinski definition) is 2. The van der Waals surface area contributed by atoms with Gasteiger partial charge in [0.15, 0.2) is 0 Å². The van der Waals surface area contributed by atoms with Crippen molar-refractivity contribution in [3.05, 3.63) is 59.4 Å². The number of aromatic carboxylic acids is 1. The predicted molar refractivity (Wildman–Crippen MR) is 57.0 cm³/mol. The molecule has 0 amide bonds. The summed E-state index contributed by atoms with van der Waals surface area (Å²) in [6.07, 6.45) is 2.24. The molecule has 2 aromatic rings. The SMILES string of the molecule is O=C(O)c1c[nH]c(Cc2ccccc2)c1. The van der Waals surface area contributed by atoms with Gasteiger partial charge in [0, 0.05) is 18.3 Å². The molecule has 0 aliphatic carbocycles. The van der Waals surface area contributed by atoms with Crippen molar-refractivity contribution in [2.45, 2.75) is 6.42 Å². The molecule has 2 N–H and O–H groups in total. The fourth-order valence-corrected chi connectivity index (χ4v) is 1.48. The Bertz CT molecular complexity index is 459. The molecule has 0 unspecified atom stereocenters. The second-order valence-corrected chi connectivity index (χ2v) is 3.38. The number of carboxylic acids is 1. The Morgan fingerprint density at radius 2 is 2.00 bits per heavy atom. The molecule has 0 aliphatic rings. The third-order valence-electron chi connectivity index (χ3n) is 2.23. The maximum Gasteiger partial charge on any atom is 0.337 e. The van der Waals surface area contributed by atoms with E-state index >= 15 is 0 Å².